The van der Waals surface area contributed by atoms with Crippen molar-refractivity contribution in [3.8, 4) is 6.07 Å². The largest absolute Gasteiger partial charge is 0.348 e. The number of para-hydroxylation sites is 1. The molecule has 11 heteroatoms. The number of anilines is 1. The van der Waals surface area contributed by atoms with Crippen molar-refractivity contribution in [1.29, 1.82) is 5.26 Å². The molecule has 212 valence electrons. The van der Waals surface area contributed by atoms with Gasteiger partial charge in [-0.25, -0.2) is 13.2 Å². The molecule has 2 N–H and O–H groups in total. The first kappa shape index (κ1) is 26.9. The summed E-state index contributed by atoms with van der Waals surface area (Å²) in [5.41, 5.74) is -0.382. The fourth-order valence-electron chi connectivity index (χ4n) is 6.80. The van der Waals surface area contributed by atoms with Gasteiger partial charge in [0.2, 0.25) is 11.8 Å². The summed E-state index contributed by atoms with van der Waals surface area (Å²) in [6.45, 7) is -0.0157. The number of aromatic amines is 1. The third-order valence-corrected chi connectivity index (χ3v) is 9.01. The van der Waals surface area contributed by atoms with Crippen molar-refractivity contribution >= 4 is 34.3 Å². The van der Waals surface area contributed by atoms with Gasteiger partial charge >= 0.3 is 0 Å². The van der Waals surface area contributed by atoms with Crippen LogP contribution in [0.2, 0.25) is 0 Å². The van der Waals surface area contributed by atoms with Gasteiger partial charge in [-0.15, -0.1) is 0 Å². The van der Waals surface area contributed by atoms with Crippen molar-refractivity contribution in [2.24, 2.45) is 5.92 Å². The third kappa shape index (κ3) is 4.24. The highest BCUT2D eigenvalue weighted by Crippen LogP contribution is 2.46. The summed E-state index contributed by atoms with van der Waals surface area (Å²) in [5, 5.41) is 12.6. The lowest BCUT2D eigenvalue weighted by Gasteiger charge is -2.33. The van der Waals surface area contributed by atoms with Gasteiger partial charge in [0.05, 0.1) is 17.0 Å². The molecule has 1 aromatic heterocycles. The number of nitrogens with zero attached hydrogens (tertiary/aromatic N) is 3. The summed E-state index contributed by atoms with van der Waals surface area (Å²) < 4.78 is 42.5. The van der Waals surface area contributed by atoms with Gasteiger partial charge in [-0.1, -0.05) is 43.9 Å². The lowest BCUT2D eigenvalue weighted by molar-refractivity contribution is -0.136. The van der Waals surface area contributed by atoms with E-state index in [-0.39, 0.29) is 35.9 Å². The monoisotopic (exact) mass is 563 g/mol. The number of amides is 3. The van der Waals surface area contributed by atoms with Crippen molar-refractivity contribution in [3.63, 3.8) is 0 Å². The number of hydrogen-bond donors (Lipinski definition) is 2. The van der Waals surface area contributed by atoms with Crippen LogP contribution >= 0.6 is 0 Å². The highest BCUT2D eigenvalue weighted by molar-refractivity contribution is 6.07. The molecule has 8 nitrogen and oxygen atoms in total. The Kier molecular flexibility index (Phi) is 6.52. The third-order valence-electron chi connectivity index (χ3n) is 9.01. The quantitative estimate of drug-likeness (QED) is 0.442. The maximum absolute atomic E-state index is 14.4. The van der Waals surface area contributed by atoms with E-state index in [1.54, 1.807) is 18.2 Å². The molecular formula is C30H28F3N5O3. The SMILES string of the molecule is CN(C(=O)c1cc2c(F)cc(F)c(F)c2[nH]1)[C@@H](CC1CCCC1)C(=O)N1C[C@]2(C[C@H]1C#N)C(=O)Nc1ccccc12. The summed E-state index contributed by atoms with van der Waals surface area (Å²) >= 11 is 0. The number of hydrogen-bond acceptors (Lipinski definition) is 4. The predicted molar refractivity (Wildman–Crippen MR) is 143 cm³/mol. The zero-order valence-electron chi connectivity index (χ0n) is 22.3. The molecule has 2 aliphatic heterocycles. The highest BCUT2D eigenvalue weighted by Gasteiger charge is 2.56. The van der Waals surface area contributed by atoms with Gasteiger partial charge in [0.15, 0.2) is 11.6 Å². The van der Waals surface area contributed by atoms with E-state index in [9.17, 15) is 32.8 Å². The van der Waals surface area contributed by atoms with Gasteiger partial charge in [-0.2, -0.15) is 5.26 Å². The predicted octanol–water partition coefficient (Wildman–Crippen LogP) is 4.62. The van der Waals surface area contributed by atoms with E-state index in [1.807, 2.05) is 6.07 Å². The summed E-state index contributed by atoms with van der Waals surface area (Å²) in [6, 6.07) is 9.01. The van der Waals surface area contributed by atoms with Gasteiger partial charge in [0.25, 0.3) is 5.91 Å². The Morgan fingerprint density at radius 3 is 2.63 bits per heavy atom. The van der Waals surface area contributed by atoms with Gasteiger partial charge < -0.3 is 20.1 Å². The number of aromatic nitrogens is 1. The highest BCUT2D eigenvalue weighted by atomic mass is 19.2. The van der Waals surface area contributed by atoms with Gasteiger partial charge in [-0.05, 0) is 30.0 Å². The molecule has 6 rings (SSSR count). The Hall–Kier alpha value is -4.33. The number of fused-ring (bicyclic) bond motifs is 3. The molecule has 0 unspecified atom stereocenters. The number of carbonyl (C=O) groups is 3. The Morgan fingerprint density at radius 2 is 1.90 bits per heavy atom. The standard InChI is InChI=1S/C30H28F3N5O3/c1-37(27(39)23-11-18-20(31)12-21(32)25(33)26(18)35-23)24(10-16-6-2-3-7-16)28(40)38-15-30(13-17(38)14-34)19-8-4-5-9-22(19)36-29(30)41/h4-5,8-9,11-12,16-17,24,35H,2-3,6-7,10,13,15H2,1H3,(H,36,41)/t17-,24-,30-/m0/s1. The topological polar surface area (TPSA) is 109 Å². The molecule has 2 aromatic carbocycles. The second kappa shape index (κ2) is 9.94. The number of halogens is 3. The Morgan fingerprint density at radius 1 is 1.17 bits per heavy atom. The van der Waals surface area contributed by atoms with Gasteiger partial charge in [0, 0.05) is 37.2 Å². The van der Waals surface area contributed by atoms with Gasteiger partial charge in [-0.3, -0.25) is 14.4 Å². The number of likely N-dealkylation sites (tertiary alicyclic amines) is 1. The Labute approximate surface area is 234 Å². The Bertz CT molecular complexity index is 1630. The van der Waals surface area contributed by atoms with E-state index in [4.69, 9.17) is 0 Å². The van der Waals surface area contributed by atoms with Crippen LogP contribution in [0.1, 0.15) is 54.6 Å². The van der Waals surface area contributed by atoms with Crippen molar-refractivity contribution in [1.82, 2.24) is 14.8 Å². The van der Waals surface area contributed by atoms with Crippen LogP contribution in [-0.2, 0) is 15.0 Å². The molecule has 0 radical (unpaired) electrons. The average molecular weight is 564 g/mol. The van der Waals surface area contributed by atoms with E-state index < -0.39 is 52.3 Å². The average Bonchev–Trinajstić information content (AvgIpc) is 3.76. The summed E-state index contributed by atoms with van der Waals surface area (Å²) in [7, 11) is 1.43. The maximum Gasteiger partial charge on any atom is 0.270 e. The molecule has 3 aromatic rings. The number of nitrogens with one attached hydrogen (secondary N) is 2. The molecule has 3 aliphatic rings. The smallest absolute Gasteiger partial charge is 0.270 e. The lowest BCUT2D eigenvalue weighted by Crippen LogP contribution is -2.52. The van der Waals surface area contributed by atoms with Crippen LogP contribution in [0.4, 0.5) is 18.9 Å². The molecule has 1 saturated heterocycles. The minimum Gasteiger partial charge on any atom is -0.348 e. The summed E-state index contributed by atoms with van der Waals surface area (Å²) in [4.78, 5) is 46.2. The minimum absolute atomic E-state index is 0.0157. The number of nitriles is 1. The Balaban J connectivity index is 1.34. The normalized spacial score (nSPS) is 22.7. The van der Waals surface area contributed by atoms with E-state index in [0.29, 0.717) is 18.2 Å². The first-order valence-corrected chi connectivity index (χ1v) is 13.7. The van der Waals surface area contributed by atoms with E-state index in [2.05, 4.69) is 16.4 Å². The van der Waals surface area contributed by atoms with Crippen LogP contribution in [0.5, 0.6) is 0 Å². The second-order valence-electron chi connectivity index (χ2n) is 11.3. The van der Waals surface area contributed by atoms with Crippen LogP contribution in [0.25, 0.3) is 10.9 Å². The van der Waals surface area contributed by atoms with Crippen LogP contribution in [0.3, 0.4) is 0 Å². The second-order valence-corrected chi connectivity index (χ2v) is 11.3. The zero-order valence-corrected chi connectivity index (χ0v) is 22.3. The first-order chi connectivity index (χ1) is 19.6. The number of benzene rings is 2. The van der Waals surface area contributed by atoms with Crippen LogP contribution in [-0.4, -0.2) is 58.2 Å². The number of carbonyl (C=O) groups excluding carboxylic acids is 3. The number of H-pyrrole nitrogens is 1. The molecule has 0 bridgehead atoms. The number of likely N-dealkylation sites (N-methyl/N-ethyl adjacent to an activating group) is 1. The maximum atomic E-state index is 14.4. The fourth-order valence-corrected chi connectivity index (χ4v) is 6.80. The van der Waals surface area contributed by atoms with Crippen molar-refractivity contribution in [2.45, 2.75) is 56.0 Å². The molecule has 1 spiro atoms. The molecule has 1 aliphatic carbocycles. The van der Waals surface area contributed by atoms with E-state index in [0.717, 1.165) is 37.3 Å². The van der Waals surface area contributed by atoms with Gasteiger partial charge in [0.1, 0.15) is 23.6 Å². The van der Waals surface area contributed by atoms with Crippen LogP contribution in [0, 0.1) is 34.7 Å². The number of rotatable bonds is 5. The molecule has 3 amide bonds. The zero-order chi connectivity index (χ0) is 29.1. The molecule has 2 fully saturated rings. The van der Waals surface area contributed by atoms with Crippen LogP contribution in [0.15, 0.2) is 36.4 Å². The van der Waals surface area contributed by atoms with Crippen molar-refractivity contribution in [3.05, 3.63) is 65.1 Å². The molecule has 3 atom stereocenters. The van der Waals surface area contributed by atoms with Crippen LogP contribution < -0.4 is 5.32 Å². The van der Waals surface area contributed by atoms with E-state index >= 15 is 0 Å². The molecule has 1 saturated carbocycles. The summed E-state index contributed by atoms with van der Waals surface area (Å²) in [5.74, 6) is -5.00. The molecular weight excluding hydrogens is 535 g/mol. The fraction of sp³-hybridized carbons (Fsp3) is 0.400. The van der Waals surface area contributed by atoms with E-state index in [1.165, 1.54) is 16.8 Å². The van der Waals surface area contributed by atoms with Crippen molar-refractivity contribution in [2.75, 3.05) is 18.9 Å². The first-order valence-electron chi connectivity index (χ1n) is 13.7. The molecule has 41 heavy (non-hydrogen) atoms. The summed E-state index contributed by atoms with van der Waals surface area (Å²) in [6.07, 6.45) is 4.23. The molecule has 3 heterocycles. The minimum atomic E-state index is -1.39. The lowest BCUT2D eigenvalue weighted by atomic mass is 9.80. The van der Waals surface area contributed by atoms with Crippen molar-refractivity contribution < 1.29 is 27.6 Å².